The Labute approximate surface area is 163 Å². The van der Waals surface area contributed by atoms with Crippen molar-refractivity contribution in [3.8, 4) is 0 Å². The van der Waals surface area contributed by atoms with Crippen LogP contribution in [0.3, 0.4) is 0 Å². The standard InChI is InChI=1S/C20H32N2O4S/c1-2-3-4-5-6-7-8-11-18(27(24,25)26)15-14-17(16-23)19-12-9-10-13-20(19)22-21/h9-10,12-13,17-18,23H,2-8,11,14-16H2,1H3. The van der Waals surface area contributed by atoms with Crippen molar-refractivity contribution < 1.29 is 18.1 Å². The van der Waals surface area contributed by atoms with Crippen molar-refractivity contribution in [2.24, 2.45) is 0 Å². The average molecular weight is 397 g/mol. The first-order chi connectivity index (χ1) is 12.9. The lowest BCUT2D eigenvalue weighted by Gasteiger charge is -2.22. The summed E-state index contributed by atoms with van der Waals surface area (Å²) in [5.74, 6) is -0.365. The zero-order chi connectivity index (χ0) is 20.1. The molecule has 0 aliphatic carbocycles. The van der Waals surface area contributed by atoms with Gasteiger partial charge in [0, 0.05) is 17.2 Å². The smallest absolute Gasteiger partial charge is 0.388 e. The summed E-state index contributed by atoms with van der Waals surface area (Å²) in [7, 11) is -4.37. The molecule has 0 aliphatic heterocycles. The molecule has 0 spiro atoms. The summed E-state index contributed by atoms with van der Waals surface area (Å²) < 4.78 is 34.9. The Kier molecular flexibility index (Phi) is 11.2. The van der Waals surface area contributed by atoms with E-state index in [1.54, 1.807) is 24.3 Å². The minimum atomic E-state index is -4.37. The second-order valence-electron chi connectivity index (χ2n) is 7.14. The summed E-state index contributed by atoms with van der Waals surface area (Å²) in [4.78, 5) is 3.22. The van der Waals surface area contributed by atoms with E-state index in [2.05, 4.69) is 11.9 Å². The molecule has 0 heterocycles. The summed E-state index contributed by atoms with van der Waals surface area (Å²) in [5.41, 5.74) is 1.01. The largest absolute Gasteiger partial charge is 0.748 e. The highest BCUT2D eigenvalue weighted by Crippen LogP contribution is 2.31. The average Bonchev–Trinajstić information content (AvgIpc) is 2.65. The third-order valence-corrected chi connectivity index (χ3v) is 6.37. The fraction of sp³-hybridized carbons (Fsp3) is 0.700. The molecule has 1 N–H and O–H groups in total. The van der Waals surface area contributed by atoms with Gasteiger partial charge in [0.2, 0.25) is 5.39 Å². The predicted octanol–water partition coefficient (Wildman–Crippen LogP) is 5.08. The summed E-state index contributed by atoms with van der Waals surface area (Å²) in [5, 5.41) is 17.8. The summed E-state index contributed by atoms with van der Waals surface area (Å²) in [6, 6.07) is 6.86. The number of benzene rings is 1. The monoisotopic (exact) mass is 396 g/mol. The molecule has 6 nitrogen and oxygen atoms in total. The van der Waals surface area contributed by atoms with Crippen molar-refractivity contribution >= 4 is 15.8 Å². The molecule has 27 heavy (non-hydrogen) atoms. The molecule has 152 valence electrons. The summed E-state index contributed by atoms with van der Waals surface area (Å²) >= 11 is 0. The zero-order valence-corrected chi connectivity index (χ0v) is 17.0. The van der Waals surface area contributed by atoms with E-state index in [9.17, 15) is 18.1 Å². The third kappa shape index (κ3) is 8.83. The van der Waals surface area contributed by atoms with E-state index in [0.29, 0.717) is 24.1 Å². The van der Waals surface area contributed by atoms with Gasteiger partial charge in [-0.3, -0.25) is 0 Å². The first-order valence-corrected chi connectivity index (χ1v) is 11.4. The van der Waals surface area contributed by atoms with Gasteiger partial charge in [0.05, 0.1) is 22.3 Å². The van der Waals surface area contributed by atoms with Crippen molar-refractivity contribution in [2.75, 3.05) is 6.61 Å². The first-order valence-electron chi connectivity index (χ1n) is 9.93. The van der Waals surface area contributed by atoms with Gasteiger partial charge in [0.15, 0.2) is 4.98 Å². The molecule has 0 aromatic heterocycles. The van der Waals surface area contributed by atoms with Gasteiger partial charge in [-0.25, -0.2) is 8.42 Å². The maximum atomic E-state index is 11.6. The van der Waals surface area contributed by atoms with Gasteiger partial charge in [0.1, 0.15) is 0 Å². The molecule has 1 aromatic carbocycles. The number of aliphatic hydroxyl groups is 1. The predicted molar refractivity (Wildman–Crippen MR) is 106 cm³/mol. The van der Waals surface area contributed by atoms with Crippen LogP contribution >= 0.6 is 0 Å². The summed E-state index contributed by atoms with van der Waals surface area (Å²) in [6.07, 6.45) is 8.41. The van der Waals surface area contributed by atoms with Crippen LogP contribution in [0.25, 0.3) is 4.98 Å². The second kappa shape index (κ2) is 12.8. The van der Waals surface area contributed by atoms with E-state index in [0.717, 1.165) is 25.7 Å². The molecule has 0 bridgehead atoms. The topological polar surface area (TPSA) is 106 Å². The number of nitrogens with zero attached hydrogens (tertiary/aromatic N) is 2. The number of rotatable bonds is 14. The highest BCUT2D eigenvalue weighted by Gasteiger charge is 2.24. The van der Waals surface area contributed by atoms with E-state index in [-0.39, 0.29) is 18.9 Å². The summed E-state index contributed by atoms with van der Waals surface area (Å²) in [6.45, 7) is 1.96. The van der Waals surface area contributed by atoms with Gasteiger partial charge in [-0.05, 0) is 19.3 Å². The number of diazo groups is 1. The third-order valence-electron chi connectivity index (χ3n) is 5.08. The van der Waals surface area contributed by atoms with Crippen LogP contribution in [0.1, 0.15) is 82.6 Å². The lowest BCUT2D eigenvalue weighted by Crippen LogP contribution is -2.22. The minimum absolute atomic E-state index is 0.199. The molecule has 0 amide bonds. The van der Waals surface area contributed by atoms with Crippen LogP contribution in [0.15, 0.2) is 24.3 Å². The van der Waals surface area contributed by atoms with Crippen LogP contribution in [0, 0.1) is 5.39 Å². The fourth-order valence-electron chi connectivity index (χ4n) is 3.42. The van der Waals surface area contributed by atoms with E-state index in [1.807, 2.05) is 0 Å². The van der Waals surface area contributed by atoms with E-state index < -0.39 is 15.4 Å². The van der Waals surface area contributed by atoms with E-state index in [1.165, 1.54) is 19.3 Å². The van der Waals surface area contributed by atoms with E-state index >= 15 is 0 Å². The Morgan fingerprint density at radius 2 is 1.67 bits per heavy atom. The zero-order valence-electron chi connectivity index (χ0n) is 16.2. The molecule has 2 atom stereocenters. The lowest BCUT2D eigenvalue weighted by atomic mass is 9.92. The van der Waals surface area contributed by atoms with Crippen LogP contribution in [-0.4, -0.2) is 29.9 Å². The SMILES string of the molecule is CCCCCCCCCC(CCC(CO)c1ccccc1[N+]#N)S(=O)(=O)[O-]. The highest BCUT2D eigenvalue weighted by molar-refractivity contribution is 7.86. The molecule has 0 radical (unpaired) electrons. The van der Waals surface area contributed by atoms with Crippen LogP contribution < -0.4 is 0 Å². The number of aliphatic hydroxyl groups excluding tert-OH is 1. The van der Waals surface area contributed by atoms with E-state index in [4.69, 9.17) is 5.39 Å². The molecule has 2 unspecified atom stereocenters. The van der Waals surface area contributed by atoms with Crippen LogP contribution in [0.4, 0.5) is 5.69 Å². The normalized spacial score (nSPS) is 13.9. The van der Waals surface area contributed by atoms with Gasteiger partial charge in [-0.2, -0.15) is 0 Å². The van der Waals surface area contributed by atoms with Gasteiger partial charge < -0.3 is 9.66 Å². The van der Waals surface area contributed by atoms with Crippen LogP contribution in [0.2, 0.25) is 0 Å². The number of hydrogen-bond donors (Lipinski definition) is 1. The molecule has 1 aromatic rings. The Hall–Kier alpha value is -1.49. The van der Waals surface area contributed by atoms with Gasteiger partial charge in [-0.1, -0.05) is 70.1 Å². The van der Waals surface area contributed by atoms with Crippen LogP contribution in [0.5, 0.6) is 0 Å². The molecular weight excluding hydrogens is 364 g/mol. The Bertz CT molecular complexity index is 685. The minimum Gasteiger partial charge on any atom is -0.748 e. The lowest BCUT2D eigenvalue weighted by molar-refractivity contribution is 0.256. The first kappa shape index (κ1) is 23.5. The van der Waals surface area contributed by atoms with Crippen molar-refractivity contribution in [3.63, 3.8) is 0 Å². The molecule has 0 fully saturated rings. The Balaban J connectivity index is 2.57. The highest BCUT2D eigenvalue weighted by atomic mass is 32.2. The maximum Gasteiger partial charge on any atom is 0.388 e. The maximum absolute atomic E-state index is 11.6. The molecular formula is C20H32N2O4S. The number of unbranched alkanes of at least 4 members (excludes halogenated alkanes) is 6. The molecule has 7 heteroatoms. The molecule has 0 saturated heterocycles. The van der Waals surface area contributed by atoms with Gasteiger partial charge in [0.25, 0.3) is 0 Å². The van der Waals surface area contributed by atoms with Crippen molar-refractivity contribution in [1.29, 1.82) is 5.39 Å². The quantitative estimate of drug-likeness (QED) is 0.268. The van der Waals surface area contributed by atoms with Gasteiger partial charge in [-0.15, -0.1) is 0 Å². The van der Waals surface area contributed by atoms with Crippen molar-refractivity contribution in [2.45, 2.75) is 82.3 Å². The molecule has 1 rings (SSSR count). The van der Waals surface area contributed by atoms with Crippen molar-refractivity contribution in [1.82, 2.24) is 0 Å². The second-order valence-corrected chi connectivity index (χ2v) is 8.79. The van der Waals surface area contributed by atoms with Crippen LogP contribution in [-0.2, 0) is 10.1 Å². The number of hydrogen-bond acceptors (Lipinski definition) is 5. The Morgan fingerprint density at radius 3 is 2.26 bits per heavy atom. The molecule has 0 saturated carbocycles. The fourth-order valence-corrected chi connectivity index (χ4v) is 4.30. The molecule has 0 aliphatic rings. The Morgan fingerprint density at radius 1 is 1.04 bits per heavy atom. The van der Waals surface area contributed by atoms with Gasteiger partial charge >= 0.3 is 5.69 Å². The van der Waals surface area contributed by atoms with Crippen molar-refractivity contribution in [3.05, 3.63) is 34.8 Å².